The van der Waals surface area contributed by atoms with Gasteiger partial charge < -0.3 is 15.6 Å². The highest BCUT2D eigenvalue weighted by Crippen LogP contribution is 2.62. The molecule has 1 unspecified atom stereocenters. The lowest BCUT2D eigenvalue weighted by Gasteiger charge is -2.61. The lowest BCUT2D eigenvalue weighted by Crippen LogP contribution is -2.59. The number of aromatic amines is 1. The third-order valence-corrected chi connectivity index (χ3v) is 8.78. The Bertz CT molecular complexity index is 2040. The van der Waals surface area contributed by atoms with E-state index < -0.39 is 6.04 Å². The molecule has 0 saturated heterocycles. The number of H-pyrrole nitrogens is 1. The maximum absolute atomic E-state index is 12.7. The quantitative estimate of drug-likeness (QED) is 0.230. The average Bonchev–Trinajstić information content (AvgIpc) is 3.41. The van der Waals surface area contributed by atoms with Gasteiger partial charge in [-0.2, -0.15) is 10.5 Å². The second-order valence-electron chi connectivity index (χ2n) is 13.1. The molecule has 3 N–H and O–H groups in total. The Morgan fingerprint density at radius 3 is 2.58 bits per heavy atom. The molecule has 0 radical (unpaired) electrons. The van der Waals surface area contributed by atoms with Crippen LogP contribution < -0.4 is 16.2 Å². The van der Waals surface area contributed by atoms with Crippen LogP contribution in [0.2, 0.25) is 0 Å². The van der Waals surface area contributed by atoms with Crippen LogP contribution in [0.1, 0.15) is 68.5 Å². The van der Waals surface area contributed by atoms with Crippen LogP contribution in [-0.2, 0) is 5.54 Å². The fourth-order valence-electron chi connectivity index (χ4n) is 6.43. The SMILES string of the molecule is CC(C)(C)CNc1c(C#N)cnc2c(C#N)cc(NC(c3cn(C45CC(C4)C5)nn3)c3cccc4c(=O)[nH]ccc34)cc12. The molecule has 5 aromatic rings. The van der Waals surface area contributed by atoms with Crippen LogP contribution in [0.15, 0.2) is 59.8 Å². The van der Waals surface area contributed by atoms with Crippen LogP contribution in [0.25, 0.3) is 21.7 Å². The molecular formula is C33H31N9O. The standard InChI is InChI=1S/C33H31N9O/c1-32(2,3)18-38-29-21(15-35)16-37-28-20(14-34)9-22(10-26(28)29)39-30(24-5-4-6-25-23(24)7-8-36-31(25)43)27-17-42(41-40-27)33-11-19(12-33)13-33/h4-10,16-17,19,30,39H,11-13,18H2,1-3H3,(H,36,43)(H,37,38). The summed E-state index contributed by atoms with van der Waals surface area (Å²) in [6.45, 7) is 6.97. The Kier molecular flexibility index (Phi) is 6.00. The van der Waals surface area contributed by atoms with Crippen molar-refractivity contribution in [3.8, 4) is 12.1 Å². The van der Waals surface area contributed by atoms with Crippen LogP contribution in [0.5, 0.6) is 0 Å². The van der Waals surface area contributed by atoms with E-state index in [1.54, 1.807) is 18.3 Å². The molecule has 214 valence electrons. The highest BCUT2D eigenvalue weighted by Gasteiger charge is 2.58. The molecule has 3 aromatic heterocycles. The number of nitrogens with zero attached hydrogens (tertiary/aromatic N) is 6. The number of nitrogens with one attached hydrogen (secondary N) is 3. The van der Waals surface area contributed by atoms with Crippen molar-refractivity contribution in [2.75, 3.05) is 17.2 Å². The molecule has 1 atom stereocenters. The van der Waals surface area contributed by atoms with Gasteiger partial charge in [-0.05, 0) is 65.8 Å². The number of hydrogen-bond donors (Lipinski definition) is 3. The Balaban J connectivity index is 1.38. The third-order valence-electron chi connectivity index (χ3n) is 8.78. The predicted octanol–water partition coefficient (Wildman–Crippen LogP) is 5.58. The van der Waals surface area contributed by atoms with Crippen LogP contribution in [0.4, 0.5) is 11.4 Å². The number of benzene rings is 2. The molecule has 3 aliphatic carbocycles. The summed E-state index contributed by atoms with van der Waals surface area (Å²) in [4.78, 5) is 20.0. The van der Waals surface area contributed by atoms with Gasteiger partial charge in [-0.25, -0.2) is 4.68 Å². The van der Waals surface area contributed by atoms with Gasteiger partial charge in [-0.1, -0.05) is 38.1 Å². The van der Waals surface area contributed by atoms with E-state index in [-0.39, 0.29) is 16.5 Å². The summed E-state index contributed by atoms with van der Waals surface area (Å²) in [7, 11) is 0. The van der Waals surface area contributed by atoms with Crippen molar-refractivity contribution in [3.05, 3.63) is 87.7 Å². The lowest BCUT2D eigenvalue weighted by atomic mass is 9.50. The Morgan fingerprint density at radius 2 is 1.88 bits per heavy atom. The van der Waals surface area contributed by atoms with Gasteiger partial charge in [0.1, 0.15) is 17.8 Å². The number of hydrogen-bond acceptors (Lipinski definition) is 8. The van der Waals surface area contributed by atoms with Crippen molar-refractivity contribution in [1.29, 1.82) is 10.5 Å². The summed E-state index contributed by atoms with van der Waals surface area (Å²) in [5.41, 5.74) is 4.05. The van der Waals surface area contributed by atoms with E-state index in [2.05, 4.69) is 63.8 Å². The Hall–Kier alpha value is -5.22. The van der Waals surface area contributed by atoms with Crippen LogP contribution in [-0.4, -0.2) is 31.5 Å². The zero-order valence-corrected chi connectivity index (χ0v) is 24.3. The van der Waals surface area contributed by atoms with Gasteiger partial charge in [0.2, 0.25) is 0 Å². The van der Waals surface area contributed by atoms with E-state index in [1.165, 1.54) is 6.20 Å². The first-order valence-corrected chi connectivity index (χ1v) is 14.5. The molecule has 10 nitrogen and oxygen atoms in total. The molecular weight excluding hydrogens is 538 g/mol. The number of fused-ring (bicyclic) bond motifs is 2. The van der Waals surface area contributed by atoms with Gasteiger partial charge in [-0.15, -0.1) is 5.10 Å². The first-order chi connectivity index (χ1) is 20.7. The fraction of sp³-hybridized carbons (Fsp3) is 0.333. The smallest absolute Gasteiger partial charge is 0.255 e. The van der Waals surface area contributed by atoms with E-state index >= 15 is 0 Å². The van der Waals surface area contributed by atoms with Crippen molar-refractivity contribution >= 4 is 33.1 Å². The average molecular weight is 570 g/mol. The predicted molar refractivity (Wildman–Crippen MR) is 164 cm³/mol. The molecule has 0 aliphatic heterocycles. The maximum Gasteiger partial charge on any atom is 0.255 e. The molecule has 3 fully saturated rings. The lowest BCUT2D eigenvalue weighted by molar-refractivity contribution is -0.0989. The minimum Gasteiger partial charge on any atom is -0.383 e. The van der Waals surface area contributed by atoms with E-state index in [0.717, 1.165) is 36.1 Å². The van der Waals surface area contributed by atoms with Crippen LogP contribution >= 0.6 is 0 Å². The van der Waals surface area contributed by atoms with E-state index in [0.29, 0.717) is 51.0 Å². The number of rotatable bonds is 7. The number of aromatic nitrogens is 5. The summed E-state index contributed by atoms with van der Waals surface area (Å²) in [6.07, 6.45) is 8.57. The van der Waals surface area contributed by atoms with Crippen LogP contribution in [0, 0.1) is 34.0 Å². The molecule has 10 heteroatoms. The largest absolute Gasteiger partial charge is 0.383 e. The van der Waals surface area contributed by atoms with Gasteiger partial charge in [0.15, 0.2) is 0 Å². The molecule has 3 heterocycles. The monoisotopic (exact) mass is 569 g/mol. The fourth-order valence-corrected chi connectivity index (χ4v) is 6.43. The summed E-state index contributed by atoms with van der Waals surface area (Å²) >= 11 is 0. The highest BCUT2D eigenvalue weighted by molar-refractivity contribution is 5.99. The van der Waals surface area contributed by atoms with E-state index in [4.69, 9.17) is 0 Å². The molecule has 8 rings (SSSR count). The highest BCUT2D eigenvalue weighted by atomic mass is 16.1. The molecule has 3 saturated carbocycles. The van der Waals surface area contributed by atoms with Crippen molar-refractivity contribution in [3.63, 3.8) is 0 Å². The summed E-state index contributed by atoms with van der Waals surface area (Å²) in [5, 5.41) is 38.3. The Morgan fingerprint density at radius 1 is 1.09 bits per heavy atom. The van der Waals surface area contributed by atoms with Gasteiger partial charge in [0.05, 0.1) is 40.1 Å². The molecule has 0 amide bonds. The minimum atomic E-state index is -0.478. The van der Waals surface area contributed by atoms with E-state index in [1.807, 2.05) is 35.1 Å². The third kappa shape index (κ3) is 4.47. The number of nitriles is 2. The number of anilines is 2. The van der Waals surface area contributed by atoms with Crippen LogP contribution in [0.3, 0.4) is 0 Å². The second-order valence-corrected chi connectivity index (χ2v) is 13.1. The summed E-state index contributed by atoms with van der Waals surface area (Å²) in [5.74, 6) is 0.793. The van der Waals surface area contributed by atoms with Crippen molar-refractivity contribution in [2.24, 2.45) is 11.3 Å². The first kappa shape index (κ1) is 26.7. The van der Waals surface area contributed by atoms with Crippen molar-refractivity contribution < 1.29 is 0 Å². The molecule has 2 bridgehead atoms. The molecule has 43 heavy (non-hydrogen) atoms. The molecule has 0 spiro atoms. The second kappa shape index (κ2) is 9.67. The van der Waals surface area contributed by atoms with Gasteiger partial charge in [0.25, 0.3) is 5.56 Å². The van der Waals surface area contributed by atoms with Gasteiger partial charge in [0, 0.05) is 35.4 Å². The minimum absolute atomic E-state index is 0.0419. The van der Waals surface area contributed by atoms with Crippen molar-refractivity contribution in [1.82, 2.24) is 25.0 Å². The Labute approximate surface area is 248 Å². The molecule has 3 aliphatic rings. The summed E-state index contributed by atoms with van der Waals surface area (Å²) in [6, 6.07) is 15.3. The zero-order chi connectivity index (χ0) is 29.9. The maximum atomic E-state index is 12.7. The normalized spacial score (nSPS) is 19.6. The van der Waals surface area contributed by atoms with E-state index in [9.17, 15) is 15.3 Å². The van der Waals surface area contributed by atoms with Gasteiger partial charge in [-0.3, -0.25) is 9.78 Å². The molecule has 2 aromatic carbocycles. The number of pyridine rings is 2. The summed E-state index contributed by atoms with van der Waals surface area (Å²) < 4.78 is 2.01. The van der Waals surface area contributed by atoms with Gasteiger partial charge >= 0.3 is 0 Å². The topological polar surface area (TPSA) is 148 Å². The van der Waals surface area contributed by atoms with Crippen molar-refractivity contribution in [2.45, 2.75) is 51.6 Å². The zero-order valence-electron chi connectivity index (χ0n) is 24.3. The first-order valence-electron chi connectivity index (χ1n) is 14.5.